The van der Waals surface area contributed by atoms with Gasteiger partial charge in [-0.25, -0.2) is 0 Å². The van der Waals surface area contributed by atoms with Gasteiger partial charge in [0.1, 0.15) is 11.5 Å². The van der Waals surface area contributed by atoms with Crippen LogP contribution in [0.2, 0.25) is 0 Å². The number of H-pyrrole nitrogens is 1. The molecular weight excluding hydrogens is 400 g/mol. The summed E-state index contributed by atoms with van der Waals surface area (Å²) in [5.41, 5.74) is 1.54. The number of amides is 1. The van der Waals surface area contributed by atoms with Crippen molar-refractivity contribution >= 4 is 28.2 Å². The average molecular weight is 414 g/mol. The molecule has 5 rings (SSSR count). The van der Waals surface area contributed by atoms with E-state index in [2.05, 4.69) is 15.2 Å². The standard InChI is InChI=1S/C22H14N4O5/c27-21(19-13-5-1-3-7-17(13)31-18-8-4-2-6-14(18)19)25-24-20-15-11-12(26(29)30)9-10-16(15)23-22(20)28/h1-11,19,23,28H. The van der Waals surface area contributed by atoms with E-state index in [1.54, 1.807) is 36.4 Å². The van der Waals surface area contributed by atoms with Gasteiger partial charge >= 0.3 is 0 Å². The highest BCUT2D eigenvalue weighted by molar-refractivity contribution is 5.96. The maximum Gasteiger partial charge on any atom is 0.276 e. The van der Waals surface area contributed by atoms with E-state index in [-0.39, 0.29) is 22.6 Å². The number of ether oxygens (including phenoxy) is 1. The Labute approximate surface area is 174 Å². The number of para-hydroxylation sites is 2. The Balaban J connectivity index is 1.57. The lowest BCUT2D eigenvalue weighted by atomic mass is 9.87. The second kappa shape index (κ2) is 7.06. The fourth-order valence-electron chi connectivity index (χ4n) is 3.70. The van der Waals surface area contributed by atoms with Crippen molar-refractivity contribution in [3.05, 3.63) is 88.0 Å². The van der Waals surface area contributed by atoms with Crippen LogP contribution in [0.3, 0.4) is 0 Å². The first kappa shape index (κ1) is 18.5. The van der Waals surface area contributed by atoms with Crippen molar-refractivity contribution in [3.63, 3.8) is 0 Å². The second-order valence-corrected chi connectivity index (χ2v) is 6.96. The molecule has 4 aromatic rings. The Morgan fingerprint density at radius 2 is 1.68 bits per heavy atom. The number of hydrogen-bond acceptors (Lipinski definition) is 6. The van der Waals surface area contributed by atoms with E-state index >= 15 is 0 Å². The van der Waals surface area contributed by atoms with E-state index in [4.69, 9.17) is 4.74 Å². The highest BCUT2D eigenvalue weighted by Crippen LogP contribution is 2.45. The number of nitrogens with one attached hydrogen (secondary N) is 1. The van der Waals surface area contributed by atoms with Gasteiger partial charge in [0.25, 0.3) is 11.6 Å². The molecule has 3 aromatic carbocycles. The van der Waals surface area contributed by atoms with Crippen molar-refractivity contribution in [2.24, 2.45) is 10.2 Å². The molecule has 1 amide bonds. The third-order valence-corrected chi connectivity index (χ3v) is 5.12. The number of nitro benzene ring substituents is 1. The predicted octanol–water partition coefficient (Wildman–Crippen LogP) is 5.33. The number of aromatic nitrogens is 1. The lowest BCUT2D eigenvalue weighted by Gasteiger charge is -2.25. The van der Waals surface area contributed by atoms with Crippen LogP contribution in [0.25, 0.3) is 10.9 Å². The number of rotatable bonds is 3. The first-order chi connectivity index (χ1) is 15.0. The molecule has 2 heterocycles. The summed E-state index contributed by atoms with van der Waals surface area (Å²) in [4.78, 5) is 26.3. The third kappa shape index (κ3) is 3.08. The lowest BCUT2D eigenvalue weighted by Crippen LogP contribution is -2.17. The third-order valence-electron chi connectivity index (χ3n) is 5.12. The molecule has 152 valence electrons. The van der Waals surface area contributed by atoms with Crippen molar-refractivity contribution in [1.82, 2.24) is 4.98 Å². The summed E-state index contributed by atoms with van der Waals surface area (Å²) in [6.07, 6.45) is 0. The number of fused-ring (bicyclic) bond motifs is 3. The molecule has 2 N–H and O–H groups in total. The summed E-state index contributed by atoms with van der Waals surface area (Å²) in [6.45, 7) is 0. The Bertz CT molecular complexity index is 1350. The molecule has 0 atom stereocenters. The van der Waals surface area contributed by atoms with Gasteiger partial charge in [0, 0.05) is 28.6 Å². The summed E-state index contributed by atoms with van der Waals surface area (Å²) in [6, 6.07) is 18.4. The largest absolute Gasteiger partial charge is 0.493 e. The number of carbonyl (C=O) groups is 1. The maximum atomic E-state index is 13.1. The number of nitrogens with zero attached hydrogens (tertiary/aromatic N) is 3. The van der Waals surface area contributed by atoms with Crippen molar-refractivity contribution < 1.29 is 19.6 Å². The zero-order valence-corrected chi connectivity index (χ0v) is 15.9. The van der Waals surface area contributed by atoms with E-state index < -0.39 is 16.7 Å². The molecule has 0 unspecified atom stereocenters. The summed E-state index contributed by atoms with van der Waals surface area (Å²) < 4.78 is 5.89. The van der Waals surface area contributed by atoms with Crippen LogP contribution < -0.4 is 4.74 Å². The molecule has 0 spiro atoms. The van der Waals surface area contributed by atoms with Gasteiger partial charge in [0.05, 0.1) is 16.4 Å². The van der Waals surface area contributed by atoms with Gasteiger partial charge < -0.3 is 14.8 Å². The monoisotopic (exact) mass is 414 g/mol. The molecule has 9 heteroatoms. The summed E-state index contributed by atoms with van der Waals surface area (Å²) >= 11 is 0. The zero-order valence-electron chi connectivity index (χ0n) is 15.9. The minimum Gasteiger partial charge on any atom is -0.493 e. The van der Waals surface area contributed by atoms with E-state index in [1.165, 1.54) is 18.2 Å². The van der Waals surface area contributed by atoms with Crippen LogP contribution in [0.4, 0.5) is 11.4 Å². The summed E-state index contributed by atoms with van der Waals surface area (Å²) in [5, 5.41) is 29.4. The molecule has 9 nitrogen and oxygen atoms in total. The molecular formula is C22H14N4O5. The minimum atomic E-state index is -0.730. The highest BCUT2D eigenvalue weighted by Gasteiger charge is 2.32. The number of aromatic hydroxyl groups is 1. The van der Waals surface area contributed by atoms with Gasteiger partial charge in [-0.3, -0.25) is 14.9 Å². The first-order valence-corrected chi connectivity index (χ1v) is 9.33. The highest BCUT2D eigenvalue weighted by atomic mass is 16.6. The fraction of sp³-hybridized carbons (Fsp3) is 0.0455. The SMILES string of the molecule is O=C(N=Nc1c(O)[nH]c2ccc([N+](=O)[O-])cc12)C1c2ccccc2Oc2ccccc21. The van der Waals surface area contributed by atoms with E-state index in [0.29, 0.717) is 28.1 Å². The van der Waals surface area contributed by atoms with Crippen LogP contribution in [0, 0.1) is 10.1 Å². The fourth-order valence-corrected chi connectivity index (χ4v) is 3.70. The van der Waals surface area contributed by atoms with Crippen molar-refractivity contribution in [3.8, 4) is 17.4 Å². The van der Waals surface area contributed by atoms with E-state index in [9.17, 15) is 20.0 Å². The second-order valence-electron chi connectivity index (χ2n) is 6.96. The quantitative estimate of drug-likeness (QED) is 0.266. The molecule has 0 radical (unpaired) electrons. The smallest absolute Gasteiger partial charge is 0.276 e. The normalized spacial score (nSPS) is 13.0. The van der Waals surface area contributed by atoms with Gasteiger partial charge in [-0.05, 0) is 18.2 Å². The number of benzene rings is 3. The molecule has 1 aliphatic rings. The Morgan fingerprint density at radius 3 is 2.32 bits per heavy atom. The number of nitro groups is 1. The molecule has 0 saturated carbocycles. The van der Waals surface area contributed by atoms with Crippen LogP contribution in [0.1, 0.15) is 17.0 Å². The Morgan fingerprint density at radius 1 is 1.03 bits per heavy atom. The number of aromatic amines is 1. The molecule has 0 aliphatic carbocycles. The Hall–Kier alpha value is -4.53. The number of non-ortho nitro benzene ring substituents is 1. The first-order valence-electron chi connectivity index (χ1n) is 9.33. The number of carbonyl (C=O) groups excluding carboxylic acids is 1. The van der Waals surface area contributed by atoms with Gasteiger partial charge in [-0.1, -0.05) is 36.4 Å². The summed E-state index contributed by atoms with van der Waals surface area (Å²) in [7, 11) is 0. The molecule has 0 fully saturated rings. The van der Waals surface area contributed by atoms with Crippen molar-refractivity contribution in [1.29, 1.82) is 0 Å². The molecule has 0 bridgehead atoms. The zero-order chi connectivity index (χ0) is 21.5. The molecule has 31 heavy (non-hydrogen) atoms. The summed E-state index contributed by atoms with van der Waals surface area (Å²) in [5.74, 6) is -0.505. The van der Waals surface area contributed by atoms with Crippen LogP contribution in [0.15, 0.2) is 77.0 Å². The van der Waals surface area contributed by atoms with E-state index in [0.717, 1.165) is 0 Å². The van der Waals surface area contributed by atoms with Crippen molar-refractivity contribution in [2.45, 2.75) is 5.92 Å². The molecule has 0 saturated heterocycles. The van der Waals surface area contributed by atoms with Crippen LogP contribution in [-0.4, -0.2) is 20.9 Å². The van der Waals surface area contributed by atoms with E-state index in [1.807, 2.05) is 12.1 Å². The van der Waals surface area contributed by atoms with Gasteiger partial charge in [0.2, 0.25) is 5.88 Å². The maximum absolute atomic E-state index is 13.1. The van der Waals surface area contributed by atoms with Crippen LogP contribution >= 0.6 is 0 Å². The number of azo groups is 1. The van der Waals surface area contributed by atoms with Crippen molar-refractivity contribution in [2.75, 3.05) is 0 Å². The lowest BCUT2D eigenvalue weighted by molar-refractivity contribution is -0.384. The van der Waals surface area contributed by atoms with Gasteiger partial charge in [-0.2, -0.15) is 0 Å². The topological polar surface area (TPSA) is 130 Å². The van der Waals surface area contributed by atoms with Gasteiger partial charge in [0.15, 0.2) is 5.69 Å². The molecule has 1 aliphatic heterocycles. The predicted molar refractivity (Wildman–Crippen MR) is 111 cm³/mol. The number of hydrogen-bond donors (Lipinski definition) is 2. The Kier molecular flexibility index (Phi) is 4.21. The van der Waals surface area contributed by atoms with Gasteiger partial charge in [-0.15, -0.1) is 10.2 Å². The molecule has 1 aromatic heterocycles. The van der Waals surface area contributed by atoms with Crippen LogP contribution in [-0.2, 0) is 4.79 Å². The van der Waals surface area contributed by atoms with Crippen LogP contribution in [0.5, 0.6) is 17.4 Å². The average Bonchev–Trinajstić information content (AvgIpc) is 3.09. The minimum absolute atomic E-state index is 0.0410.